The zero-order valence-corrected chi connectivity index (χ0v) is 10.4. The molecular weight excluding hydrogens is 242 g/mol. The number of benzene rings is 1. The minimum Gasteiger partial charge on any atom is -0.493 e. The van der Waals surface area contributed by atoms with Gasteiger partial charge in [0.15, 0.2) is 0 Å². The summed E-state index contributed by atoms with van der Waals surface area (Å²) in [5, 5.41) is 2.67. The molecule has 5 nitrogen and oxygen atoms in total. The summed E-state index contributed by atoms with van der Waals surface area (Å²) in [7, 11) is 0. The Morgan fingerprint density at radius 3 is 2.68 bits per heavy atom. The summed E-state index contributed by atoms with van der Waals surface area (Å²) in [6.07, 6.45) is 1.76. The van der Waals surface area contributed by atoms with E-state index >= 15 is 0 Å². The Bertz CT molecular complexity index is 526. The van der Waals surface area contributed by atoms with E-state index < -0.39 is 0 Å². The van der Waals surface area contributed by atoms with Gasteiger partial charge in [0.05, 0.1) is 24.9 Å². The lowest BCUT2D eigenvalue weighted by Crippen LogP contribution is -2.15. The Hall–Kier alpha value is -2.56. The topological polar surface area (TPSA) is 77.2 Å². The maximum absolute atomic E-state index is 11.6. The summed E-state index contributed by atoms with van der Waals surface area (Å²) < 4.78 is 5.43. The van der Waals surface area contributed by atoms with E-state index in [-0.39, 0.29) is 12.3 Å². The molecule has 1 aromatic carbocycles. The molecule has 0 atom stereocenters. The van der Waals surface area contributed by atoms with Crippen molar-refractivity contribution in [3.05, 3.63) is 48.7 Å². The summed E-state index contributed by atoms with van der Waals surface area (Å²) in [6, 6.07) is 12.7. The molecular formula is C14H15N3O2. The number of rotatable bonds is 5. The average molecular weight is 257 g/mol. The Morgan fingerprint density at radius 2 is 2.00 bits per heavy atom. The Morgan fingerprint density at radius 1 is 1.21 bits per heavy atom. The summed E-state index contributed by atoms with van der Waals surface area (Å²) in [5.74, 6) is 1.09. The van der Waals surface area contributed by atoms with Crippen LogP contribution in [-0.4, -0.2) is 17.5 Å². The number of carbonyl (C=O) groups excluding carboxylic acids is 1. The van der Waals surface area contributed by atoms with Gasteiger partial charge in [0.1, 0.15) is 11.6 Å². The molecule has 0 radical (unpaired) electrons. The highest BCUT2D eigenvalue weighted by Gasteiger charge is 2.03. The van der Waals surface area contributed by atoms with Gasteiger partial charge < -0.3 is 15.8 Å². The first-order valence-corrected chi connectivity index (χ1v) is 5.93. The summed E-state index contributed by atoms with van der Waals surface area (Å²) in [5.41, 5.74) is 6.07. The molecule has 2 aromatic rings. The van der Waals surface area contributed by atoms with E-state index in [1.54, 1.807) is 12.1 Å². The number of anilines is 2. The lowest BCUT2D eigenvalue weighted by molar-refractivity contribution is -0.116. The first kappa shape index (κ1) is 12.9. The number of nitrogens with two attached hydrogens (primary N) is 1. The molecule has 19 heavy (non-hydrogen) atoms. The third kappa shape index (κ3) is 4.31. The lowest BCUT2D eigenvalue weighted by Gasteiger charge is -2.06. The molecule has 2 rings (SSSR count). The molecule has 0 saturated carbocycles. The van der Waals surface area contributed by atoms with Gasteiger partial charge in [-0.3, -0.25) is 4.79 Å². The van der Waals surface area contributed by atoms with Crippen molar-refractivity contribution in [1.82, 2.24) is 4.98 Å². The van der Waals surface area contributed by atoms with Crippen molar-refractivity contribution in [1.29, 1.82) is 0 Å². The molecule has 1 amide bonds. The van der Waals surface area contributed by atoms with Crippen molar-refractivity contribution in [3.8, 4) is 5.75 Å². The zero-order valence-electron chi connectivity index (χ0n) is 10.4. The highest BCUT2D eigenvalue weighted by Crippen LogP contribution is 2.09. The third-order valence-electron chi connectivity index (χ3n) is 2.39. The molecule has 0 bridgehead atoms. The number of nitrogens with one attached hydrogen (secondary N) is 1. The minimum atomic E-state index is -0.145. The van der Waals surface area contributed by atoms with Crippen LogP contribution >= 0.6 is 0 Å². The van der Waals surface area contributed by atoms with Gasteiger partial charge in [-0.1, -0.05) is 18.2 Å². The first-order chi connectivity index (χ1) is 9.24. The predicted octanol–water partition coefficient (Wildman–Crippen LogP) is 2.07. The van der Waals surface area contributed by atoms with Gasteiger partial charge >= 0.3 is 0 Å². The molecule has 0 unspecified atom stereocenters. The van der Waals surface area contributed by atoms with Crippen molar-refractivity contribution >= 4 is 17.4 Å². The Labute approximate surface area is 111 Å². The van der Waals surface area contributed by atoms with Crippen LogP contribution in [0.2, 0.25) is 0 Å². The third-order valence-corrected chi connectivity index (χ3v) is 2.39. The maximum Gasteiger partial charge on any atom is 0.228 e. The first-order valence-electron chi connectivity index (χ1n) is 5.93. The largest absolute Gasteiger partial charge is 0.493 e. The molecule has 0 aliphatic heterocycles. The van der Waals surface area contributed by atoms with Gasteiger partial charge in [-0.05, 0) is 24.3 Å². The van der Waals surface area contributed by atoms with E-state index in [0.29, 0.717) is 18.1 Å². The number of amides is 1. The number of hydrogen-bond donors (Lipinski definition) is 2. The molecule has 3 N–H and O–H groups in total. The highest BCUT2D eigenvalue weighted by atomic mass is 16.5. The van der Waals surface area contributed by atoms with Crippen molar-refractivity contribution in [2.24, 2.45) is 0 Å². The molecule has 98 valence electrons. The second-order valence-electron chi connectivity index (χ2n) is 3.94. The van der Waals surface area contributed by atoms with Gasteiger partial charge in [-0.2, -0.15) is 0 Å². The van der Waals surface area contributed by atoms with Crippen LogP contribution in [-0.2, 0) is 4.79 Å². The molecule has 0 fully saturated rings. The van der Waals surface area contributed by atoms with Crippen molar-refractivity contribution < 1.29 is 9.53 Å². The molecule has 1 heterocycles. The summed E-state index contributed by atoms with van der Waals surface area (Å²) >= 11 is 0. The fraction of sp³-hybridized carbons (Fsp3) is 0.143. The quantitative estimate of drug-likeness (QED) is 0.859. The van der Waals surface area contributed by atoms with Crippen molar-refractivity contribution in [3.63, 3.8) is 0 Å². The van der Waals surface area contributed by atoms with Gasteiger partial charge in [-0.25, -0.2) is 4.98 Å². The molecule has 0 aliphatic rings. The van der Waals surface area contributed by atoms with Gasteiger partial charge in [0.25, 0.3) is 0 Å². The van der Waals surface area contributed by atoms with Crippen LogP contribution in [0.25, 0.3) is 0 Å². The van der Waals surface area contributed by atoms with E-state index in [1.165, 1.54) is 6.20 Å². The number of carbonyl (C=O) groups is 1. The highest BCUT2D eigenvalue weighted by molar-refractivity contribution is 5.89. The average Bonchev–Trinajstić information content (AvgIpc) is 2.43. The number of ether oxygens (including phenoxy) is 1. The van der Waals surface area contributed by atoms with Crippen LogP contribution in [0.3, 0.4) is 0 Å². The van der Waals surface area contributed by atoms with Crippen molar-refractivity contribution in [2.45, 2.75) is 6.42 Å². The minimum absolute atomic E-state index is 0.145. The summed E-state index contributed by atoms with van der Waals surface area (Å²) in [4.78, 5) is 15.6. The zero-order chi connectivity index (χ0) is 13.5. The van der Waals surface area contributed by atoms with Gasteiger partial charge in [-0.15, -0.1) is 0 Å². The fourth-order valence-corrected chi connectivity index (χ4v) is 1.46. The van der Waals surface area contributed by atoms with Crippen LogP contribution < -0.4 is 15.8 Å². The monoisotopic (exact) mass is 257 g/mol. The molecule has 0 saturated heterocycles. The Balaban J connectivity index is 1.74. The molecule has 1 aromatic heterocycles. The van der Waals surface area contributed by atoms with E-state index in [0.717, 1.165) is 5.75 Å². The number of nitrogens with zero attached hydrogens (tertiary/aromatic N) is 1. The van der Waals surface area contributed by atoms with Gasteiger partial charge in [0.2, 0.25) is 5.91 Å². The van der Waals surface area contributed by atoms with Crippen LogP contribution in [0.1, 0.15) is 6.42 Å². The van der Waals surface area contributed by atoms with Crippen LogP contribution in [0, 0.1) is 0 Å². The number of nitrogen functional groups attached to an aromatic ring is 1. The molecule has 0 aliphatic carbocycles. The SMILES string of the molecule is Nc1ccc(NC(=O)CCOc2ccccc2)nc1. The molecule has 0 spiro atoms. The molecule has 5 heteroatoms. The second kappa shape index (κ2) is 6.39. The van der Waals surface area contributed by atoms with Crippen LogP contribution in [0.4, 0.5) is 11.5 Å². The number of pyridine rings is 1. The van der Waals surface area contributed by atoms with Crippen LogP contribution in [0.5, 0.6) is 5.75 Å². The van der Waals surface area contributed by atoms with Gasteiger partial charge in [0, 0.05) is 0 Å². The second-order valence-corrected chi connectivity index (χ2v) is 3.94. The smallest absolute Gasteiger partial charge is 0.228 e. The summed E-state index contributed by atoms with van der Waals surface area (Å²) in [6.45, 7) is 0.324. The van der Waals surface area contributed by atoms with E-state index in [1.807, 2.05) is 30.3 Å². The number of para-hydroxylation sites is 1. The van der Waals surface area contributed by atoms with E-state index in [9.17, 15) is 4.79 Å². The van der Waals surface area contributed by atoms with E-state index in [4.69, 9.17) is 10.5 Å². The number of aromatic nitrogens is 1. The number of hydrogen-bond acceptors (Lipinski definition) is 4. The van der Waals surface area contributed by atoms with E-state index in [2.05, 4.69) is 10.3 Å². The van der Waals surface area contributed by atoms with Crippen molar-refractivity contribution in [2.75, 3.05) is 17.7 Å². The predicted molar refractivity (Wildman–Crippen MR) is 73.8 cm³/mol. The fourth-order valence-electron chi connectivity index (χ4n) is 1.46. The lowest BCUT2D eigenvalue weighted by atomic mass is 10.3. The maximum atomic E-state index is 11.6. The Kier molecular flexibility index (Phi) is 4.34. The standard InChI is InChI=1S/C14H15N3O2/c15-11-6-7-13(16-10-11)17-14(18)8-9-19-12-4-2-1-3-5-12/h1-7,10H,8-9,15H2,(H,16,17,18). The van der Waals surface area contributed by atoms with Crippen LogP contribution in [0.15, 0.2) is 48.7 Å². The normalized spacial score (nSPS) is 9.89.